The topological polar surface area (TPSA) is 47.1 Å². The van der Waals surface area contributed by atoms with Crippen LogP contribution in [0.5, 0.6) is 0 Å². The number of benzene rings is 1. The van der Waals surface area contributed by atoms with E-state index < -0.39 is 0 Å². The molecule has 1 aromatic carbocycles. The van der Waals surface area contributed by atoms with Gasteiger partial charge < -0.3 is 5.73 Å². The van der Waals surface area contributed by atoms with E-state index >= 15 is 0 Å². The van der Waals surface area contributed by atoms with E-state index in [1.54, 1.807) is 0 Å². The first-order chi connectivity index (χ1) is 11.3. The first kappa shape index (κ1) is 20.0. The Labute approximate surface area is 157 Å². The summed E-state index contributed by atoms with van der Waals surface area (Å²) in [5.41, 5.74) is 10.1. The van der Waals surface area contributed by atoms with Crippen LogP contribution in [0, 0.1) is 5.92 Å². The van der Waals surface area contributed by atoms with Gasteiger partial charge in [-0.25, -0.2) is 0 Å². The maximum atomic E-state index is 6.19. The van der Waals surface area contributed by atoms with Crippen LogP contribution in [0.4, 0.5) is 0 Å². The molecular weight excluding hydrogens is 332 g/mol. The molecule has 1 aromatic heterocycles. The molecule has 25 heavy (non-hydrogen) atoms. The Morgan fingerprint density at radius 1 is 1.12 bits per heavy atom. The summed E-state index contributed by atoms with van der Waals surface area (Å²) in [6.45, 7) is 12.8. The van der Waals surface area contributed by atoms with E-state index in [2.05, 4.69) is 73.8 Å². The molecule has 3 rings (SSSR count). The van der Waals surface area contributed by atoms with Crippen molar-refractivity contribution in [3.8, 4) is 0 Å². The standard InChI is InChI=1S/C20H30N4.ClH/c1-15-10-23(14-18(15)21)12-17-13-24(22-19(17)20(2,3)4)11-16-8-6-5-7-9-16;/h5-9,13,15,18H,10-12,14,21H2,1-4H3;1H. The second-order valence-corrected chi connectivity index (χ2v) is 8.27. The van der Waals surface area contributed by atoms with Crippen molar-refractivity contribution in [3.05, 3.63) is 53.3 Å². The molecule has 2 heterocycles. The molecule has 1 aliphatic heterocycles. The molecule has 1 aliphatic rings. The van der Waals surface area contributed by atoms with Gasteiger partial charge in [0.2, 0.25) is 0 Å². The lowest BCUT2D eigenvalue weighted by atomic mass is 9.89. The zero-order chi connectivity index (χ0) is 17.3. The van der Waals surface area contributed by atoms with E-state index in [0.29, 0.717) is 12.0 Å². The molecule has 4 nitrogen and oxygen atoms in total. The molecule has 2 aromatic rings. The Bertz CT molecular complexity index is 665. The number of nitrogens with zero attached hydrogens (tertiary/aromatic N) is 3. The molecule has 0 radical (unpaired) electrons. The molecule has 0 bridgehead atoms. The minimum Gasteiger partial charge on any atom is -0.326 e. The maximum Gasteiger partial charge on any atom is 0.0723 e. The predicted octanol–water partition coefficient (Wildman–Crippen LogP) is 3.43. The van der Waals surface area contributed by atoms with E-state index in [9.17, 15) is 0 Å². The van der Waals surface area contributed by atoms with Crippen LogP contribution in [0.25, 0.3) is 0 Å². The monoisotopic (exact) mass is 362 g/mol. The number of hydrogen-bond acceptors (Lipinski definition) is 3. The van der Waals surface area contributed by atoms with Gasteiger partial charge >= 0.3 is 0 Å². The lowest BCUT2D eigenvalue weighted by Crippen LogP contribution is -2.28. The maximum absolute atomic E-state index is 6.19. The largest absolute Gasteiger partial charge is 0.326 e. The van der Waals surface area contributed by atoms with Crippen LogP contribution in [0.1, 0.15) is 44.5 Å². The van der Waals surface area contributed by atoms with Gasteiger partial charge in [-0.1, -0.05) is 58.0 Å². The van der Waals surface area contributed by atoms with Crippen molar-refractivity contribution in [1.29, 1.82) is 0 Å². The summed E-state index contributed by atoms with van der Waals surface area (Å²) in [4.78, 5) is 2.47. The average Bonchev–Trinajstić information content (AvgIpc) is 3.04. The highest BCUT2D eigenvalue weighted by atomic mass is 35.5. The zero-order valence-corrected chi connectivity index (χ0v) is 16.6. The minimum atomic E-state index is 0. The van der Waals surface area contributed by atoms with Gasteiger partial charge in [-0.05, 0) is 11.5 Å². The molecule has 0 saturated carbocycles. The molecule has 0 amide bonds. The second-order valence-electron chi connectivity index (χ2n) is 8.27. The number of nitrogens with two attached hydrogens (primary N) is 1. The van der Waals surface area contributed by atoms with Crippen molar-refractivity contribution in [3.63, 3.8) is 0 Å². The normalized spacial score (nSPS) is 21.3. The number of likely N-dealkylation sites (tertiary alicyclic amines) is 1. The molecule has 5 heteroatoms. The van der Waals surface area contributed by atoms with Gasteiger partial charge in [-0.15, -0.1) is 12.4 Å². The van der Waals surface area contributed by atoms with Crippen molar-refractivity contribution < 1.29 is 0 Å². The fourth-order valence-corrected chi connectivity index (χ4v) is 3.53. The Morgan fingerprint density at radius 3 is 2.36 bits per heavy atom. The van der Waals surface area contributed by atoms with Gasteiger partial charge in [0.05, 0.1) is 12.2 Å². The van der Waals surface area contributed by atoms with Crippen LogP contribution >= 0.6 is 12.4 Å². The van der Waals surface area contributed by atoms with Gasteiger partial charge in [0.25, 0.3) is 0 Å². The Morgan fingerprint density at radius 2 is 1.80 bits per heavy atom. The smallest absolute Gasteiger partial charge is 0.0723 e. The van der Waals surface area contributed by atoms with Crippen LogP contribution in [0.3, 0.4) is 0 Å². The van der Waals surface area contributed by atoms with Gasteiger partial charge in [0, 0.05) is 42.9 Å². The van der Waals surface area contributed by atoms with E-state index in [1.165, 1.54) is 16.8 Å². The second kappa shape index (κ2) is 7.90. The fourth-order valence-electron chi connectivity index (χ4n) is 3.53. The molecule has 2 atom stereocenters. The highest BCUT2D eigenvalue weighted by Crippen LogP contribution is 2.27. The SMILES string of the molecule is CC1CN(Cc2cn(Cc3ccccc3)nc2C(C)(C)C)CC1N.Cl. The molecule has 0 spiro atoms. The summed E-state index contributed by atoms with van der Waals surface area (Å²) in [6, 6.07) is 10.8. The van der Waals surface area contributed by atoms with Crippen LogP contribution < -0.4 is 5.73 Å². The average molecular weight is 363 g/mol. The Hall–Kier alpha value is -1.36. The third kappa shape index (κ3) is 4.84. The molecule has 138 valence electrons. The third-order valence-corrected chi connectivity index (χ3v) is 4.88. The number of rotatable bonds is 4. The molecule has 2 N–H and O–H groups in total. The number of halogens is 1. The van der Waals surface area contributed by atoms with Gasteiger partial charge in [0.15, 0.2) is 0 Å². The summed E-state index contributed by atoms with van der Waals surface area (Å²) in [5.74, 6) is 0.572. The summed E-state index contributed by atoms with van der Waals surface area (Å²) < 4.78 is 2.09. The molecule has 1 fully saturated rings. The lowest BCUT2D eigenvalue weighted by Gasteiger charge is -2.20. The molecule has 0 aliphatic carbocycles. The summed E-state index contributed by atoms with van der Waals surface area (Å²) >= 11 is 0. The number of aromatic nitrogens is 2. The first-order valence-corrected chi connectivity index (χ1v) is 8.91. The predicted molar refractivity (Wildman–Crippen MR) is 106 cm³/mol. The van der Waals surface area contributed by atoms with Crippen molar-refractivity contribution in [2.75, 3.05) is 13.1 Å². The fraction of sp³-hybridized carbons (Fsp3) is 0.550. The first-order valence-electron chi connectivity index (χ1n) is 8.91. The van der Waals surface area contributed by atoms with Crippen molar-refractivity contribution in [2.45, 2.75) is 52.2 Å². The van der Waals surface area contributed by atoms with Crippen LogP contribution in [0.2, 0.25) is 0 Å². The summed E-state index contributed by atoms with van der Waals surface area (Å²) in [5, 5.41) is 4.92. The minimum absolute atomic E-state index is 0. The third-order valence-electron chi connectivity index (χ3n) is 4.88. The van der Waals surface area contributed by atoms with Crippen LogP contribution in [0.15, 0.2) is 36.5 Å². The Balaban J connectivity index is 0.00000225. The highest BCUT2D eigenvalue weighted by Gasteiger charge is 2.29. The van der Waals surface area contributed by atoms with Crippen LogP contribution in [-0.4, -0.2) is 33.8 Å². The van der Waals surface area contributed by atoms with Crippen molar-refractivity contribution in [2.24, 2.45) is 11.7 Å². The molecule has 1 saturated heterocycles. The van der Waals surface area contributed by atoms with Crippen molar-refractivity contribution >= 4 is 12.4 Å². The van der Waals surface area contributed by atoms with Gasteiger partial charge in [0.1, 0.15) is 0 Å². The summed E-state index contributed by atoms with van der Waals surface area (Å²) in [6.07, 6.45) is 2.22. The van der Waals surface area contributed by atoms with Crippen LogP contribution in [-0.2, 0) is 18.5 Å². The van der Waals surface area contributed by atoms with E-state index in [0.717, 1.165) is 26.2 Å². The summed E-state index contributed by atoms with van der Waals surface area (Å²) in [7, 11) is 0. The Kier molecular flexibility index (Phi) is 6.30. The quantitative estimate of drug-likeness (QED) is 0.906. The number of hydrogen-bond donors (Lipinski definition) is 1. The van der Waals surface area contributed by atoms with Gasteiger partial charge in [-0.3, -0.25) is 9.58 Å². The van der Waals surface area contributed by atoms with E-state index in [-0.39, 0.29) is 17.8 Å². The molecular formula is C20H31ClN4. The lowest BCUT2D eigenvalue weighted by molar-refractivity contribution is 0.316. The zero-order valence-electron chi connectivity index (χ0n) is 15.8. The molecule has 2 unspecified atom stereocenters. The van der Waals surface area contributed by atoms with E-state index in [4.69, 9.17) is 10.8 Å². The van der Waals surface area contributed by atoms with Gasteiger partial charge in [-0.2, -0.15) is 5.10 Å². The van der Waals surface area contributed by atoms with Crippen molar-refractivity contribution in [1.82, 2.24) is 14.7 Å². The highest BCUT2D eigenvalue weighted by molar-refractivity contribution is 5.85. The van der Waals surface area contributed by atoms with E-state index in [1.807, 2.05) is 0 Å².